The van der Waals surface area contributed by atoms with Crippen LogP contribution in [0.3, 0.4) is 0 Å². The van der Waals surface area contributed by atoms with E-state index in [0.29, 0.717) is 11.2 Å². The van der Waals surface area contributed by atoms with E-state index in [1.807, 2.05) is 11.8 Å². The van der Waals surface area contributed by atoms with E-state index in [0.717, 1.165) is 6.42 Å². The van der Waals surface area contributed by atoms with Gasteiger partial charge in [0, 0.05) is 16.2 Å². The predicted octanol–water partition coefficient (Wildman–Crippen LogP) is 3.17. The summed E-state index contributed by atoms with van der Waals surface area (Å²) >= 11 is 1.95. The van der Waals surface area contributed by atoms with E-state index in [1.165, 1.54) is 16.0 Å². The van der Waals surface area contributed by atoms with Crippen molar-refractivity contribution >= 4 is 11.8 Å². The van der Waals surface area contributed by atoms with Crippen LogP contribution in [0.15, 0.2) is 23.1 Å². The molecule has 0 saturated carbocycles. The van der Waals surface area contributed by atoms with Crippen LogP contribution >= 0.6 is 11.8 Å². The second-order valence-corrected chi connectivity index (χ2v) is 6.02. The van der Waals surface area contributed by atoms with E-state index in [2.05, 4.69) is 39.0 Å². The topological polar surface area (TPSA) is 26.0 Å². The van der Waals surface area contributed by atoms with Crippen molar-refractivity contribution in [1.29, 1.82) is 0 Å². The number of thioether (sulfide) groups is 1. The van der Waals surface area contributed by atoms with Crippen LogP contribution in [0.1, 0.15) is 37.8 Å². The Morgan fingerprint density at radius 3 is 2.67 bits per heavy atom. The largest absolute Gasteiger partial charge is 0.327 e. The molecule has 0 aromatic heterocycles. The monoisotopic (exact) mass is 221 g/mol. The summed E-state index contributed by atoms with van der Waals surface area (Å²) in [5.41, 5.74) is 8.87. The summed E-state index contributed by atoms with van der Waals surface area (Å²) in [6, 6.07) is 7.16. The lowest BCUT2D eigenvalue weighted by Crippen LogP contribution is -2.28. The Morgan fingerprint density at radius 2 is 2.07 bits per heavy atom. The second kappa shape index (κ2) is 4.18. The lowest BCUT2D eigenvalue weighted by Gasteiger charge is -2.11. The van der Waals surface area contributed by atoms with Crippen molar-refractivity contribution in [3.8, 4) is 0 Å². The molecule has 0 spiro atoms. The van der Waals surface area contributed by atoms with Gasteiger partial charge in [-0.05, 0) is 36.5 Å². The zero-order chi connectivity index (χ0) is 11.0. The van der Waals surface area contributed by atoms with Gasteiger partial charge in [0.25, 0.3) is 0 Å². The Hall–Kier alpha value is -0.470. The first-order valence-corrected chi connectivity index (χ1v) is 6.51. The van der Waals surface area contributed by atoms with E-state index in [-0.39, 0.29) is 6.04 Å². The average Bonchev–Trinajstić information content (AvgIpc) is 2.59. The molecular formula is C13H19NS. The third-order valence-electron chi connectivity index (χ3n) is 3.04. The molecule has 2 rings (SSSR count). The molecule has 15 heavy (non-hydrogen) atoms. The average molecular weight is 221 g/mol. The molecule has 2 N–H and O–H groups in total. The van der Waals surface area contributed by atoms with Crippen LogP contribution < -0.4 is 5.73 Å². The Labute approximate surface area is 96.4 Å². The van der Waals surface area contributed by atoms with Crippen molar-refractivity contribution in [2.24, 2.45) is 5.73 Å². The van der Waals surface area contributed by atoms with Crippen molar-refractivity contribution in [2.45, 2.75) is 49.3 Å². The molecule has 0 saturated heterocycles. The Balaban J connectivity index is 2.24. The van der Waals surface area contributed by atoms with Crippen molar-refractivity contribution in [3.63, 3.8) is 0 Å². The maximum Gasteiger partial charge on any atom is 0.0284 e. The summed E-state index contributed by atoms with van der Waals surface area (Å²) in [7, 11) is 0. The lowest BCUT2D eigenvalue weighted by molar-refractivity contribution is 0.692. The number of hydrogen-bond acceptors (Lipinski definition) is 2. The normalized spacial score (nSPS) is 21.8. The third-order valence-corrected chi connectivity index (χ3v) is 4.58. The van der Waals surface area contributed by atoms with Crippen LogP contribution in [0.4, 0.5) is 0 Å². The highest BCUT2D eigenvalue weighted by atomic mass is 32.2. The molecule has 0 aliphatic carbocycles. The smallest absolute Gasteiger partial charge is 0.0284 e. The first-order valence-electron chi connectivity index (χ1n) is 5.63. The van der Waals surface area contributed by atoms with Crippen molar-refractivity contribution in [1.82, 2.24) is 0 Å². The first kappa shape index (κ1) is 11.0. The number of fused-ring (bicyclic) bond motifs is 1. The van der Waals surface area contributed by atoms with Gasteiger partial charge in [0.05, 0.1) is 0 Å². The molecule has 82 valence electrons. The molecule has 1 aliphatic rings. The van der Waals surface area contributed by atoms with E-state index >= 15 is 0 Å². The van der Waals surface area contributed by atoms with Gasteiger partial charge in [-0.1, -0.05) is 26.0 Å². The summed E-state index contributed by atoms with van der Waals surface area (Å²) in [6.07, 6.45) is 1.13. The maximum absolute atomic E-state index is 5.95. The van der Waals surface area contributed by atoms with Gasteiger partial charge in [-0.3, -0.25) is 0 Å². The Bertz CT molecular complexity index is 358. The third kappa shape index (κ3) is 2.21. The molecule has 2 unspecified atom stereocenters. The fourth-order valence-corrected chi connectivity index (χ4v) is 3.23. The van der Waals surface area contributed by atoms with Crippen LogP contribution in [0.25, 0.3) is 0 Å². The van der Waals surface area contributed by atoms with Crippen molar-refractivity contribution < 1.29 is 0 Å². The van der Waals surface area contributed by atoms with Gasteiger partial charge in [-0.15, -0.1) is 11.8 Å². The highest BCUT2D eigenvalue weighted by Gasteiger charge is 2.25. The first-order chi connectivity index (χ1) is 7.08. The number of rotatable bonds is 2. The Morgan fingerprint density at radius 1 is 1.33 bits per heavy atom. The molecule has 0 radical (unpaired) electrons. The summed E-state index contributed by atoms with van der Waals surface area (Å²) in [5.74, 6) is 0.616. The van der Waals surface area contributed by atoms with Gasteiger partial charge < -0.3 is 5.73 Å². The van der Waals surface area contributed by atoms with Crippen LogP contribution in [0, 0.1) is 0 Å². The summed E-state index contributed by atoms with van der Waals surface area (Å²) in [6.45, 7) is 6.58. The molecule has 1 aliphatic heterocycles. The summed E-state index contributed by atoms with van der Waals surface area (Å²) in [4.78, 5) is 1.45. The fraction of sp³-hybridized carbons (Fsp3) is 0.538. The quantitative estimate of drug-likeness (QED) is 0.830. The van der Waals surface area contributed by atoms with E-state index in [4.69, 9.17) is 5.73 Å². The lowest BCUT2D eigenvalue weighted by atomic mass is 9.99. The number of hydrogen-bond donors (Lipinski definition) is 1. The minimum Gasteiger partial charge on any atom is -0.327 e. The standard InChI is InChI=1S/C13H19NS/c1-8(2)10-4-5-11-7-12(9(3)14)15-13(11)6-10/h4-6,8-9,12H,7,14H2,1-3H3. The Kier molecular flexibility index (Phi) is 3.08. The fourth-order valence-electron chi connectivity index (χ4n) is 1.92. The van der Waals surface area contributed by atoms with Gasteiger partial charge in [0.2, 0.25) is 0 Å². The molecule has 2 heteroatoms. The molecule has 1 nitrogen and oxygen atoms in total. The molecule has 0 fully saturated rings. The summed E-state index contributed by atoms with van der Waals surface area (Å²) < 4.78 is 0. The number of nitrogens with two attached hydrogens (primary N) is 1. The predicted molar refractivity (Wildman–Crippen MR) is 67.5 cm³/mol. The molecule has 1 aromatic rings. The summed E-state index contributed by atoms with van der Waals surface area (Å²) in [5, 5.41) is 0.572. The van der Waals surface area contributed by atoms with Crippen molar-refractivity contribution in [3.05, 3.63) is 29.3 Å². The van der Waals surface area contributed by atoms with E-state index in [1.54, 1.807) is 0 Å². The molecule has 1 aromatic carbocycles. The van der Waals surface area contributed by atoms with Gasteiger partial charge in [0.15, 0.2) is 0 Å². The van der Waals surface area contributed by atoms with E-state index < -0.39 is 0 Å². The molecule has 2 atom stereocenters. The number of benzene rings is 1. The minimum atomic E-state index is 0.282. The SMILES string of the molecule is CC(C)c1ccc2c(c1)SC(C(C)N)C2. The van der Waals surface area contributed by atoms with Crippen LogP contribution in [-0.2, 0) is 6.42 Å². The van der Waals surface area contributed by atoms with Gasteiger partial charge >= 0.3 is 0 Å². The zero-order valence-electron chi connectivity index (χ0n) is 9.66. The minimum absolute atomic E-state index is 0.282. The molecule has 0 bridgehead atoms. The van der Waals surface area contributed by atoms with E-state index in [9.17, 15) is 0 Å². The highest BCUT2D eigenvalue weighted by Crippen LogP contribution is 2.39. The van der Waals surface area contributed by atoms with Crippen LogP contribution in [0.2, 0.25) is 0 Å². The zero-order valence-corrected chi connectivity index (χ0v) is 10.5. The highest BCUT2D eigenvalue weighted by molar-refractivity contribution is 8.00. The van der Waals surface area contributed by atoms with Gasteiger partial charge in [0.1, 0.15) is 0 Å². The molecule has 0 amide bonds. The second-order valence-electron chi connectivity index (χ2n) is 4.74. The van der Waals surface area contributed by atoms with Crippen LogP contribution in [0.5, 0.6) is 0 Å². The maximum atomic E-state index is 5.95. The van der Waals surface area contributed by atoms with Gasteiger partial charge in [-0.2, -0.15) is 0 Å². The van der Waals surface area contributed by atoms with Crippen LogP contribution in [-0.4, -0.2) is 11.3 Å². The molecule has 1 heterocycles. The molecular weight excluding hydrogens is 202 g/mol. The van der Waals surface area contributed by atoms with Gasteiger partial charge in [-0.25, -0.2) is 0 Å². The van der Waals surface area contributed by atoms with Crippen molar-refractivity contribution in [2.75, 3.05) is 0 Å².